The van der Waals surface area contributed by atoms with E-state index in [4.69, 9.17) is 4.74 Å². The molecule has 3 heteroatoms. The first-order chi connectivity index (χ1) is 7.19. The molecule has 0 aliphatic carbocycles. The Morgan fingerprint density at radius 3 is 2.80 bits per heavy atom. The number of hydrogen-bond acceptors (Lipinski definition) is 2. The molecule has 0 saturated carbocycles. The molecular formula is C12H11BrO2. The Morgan fingerprint density at radius 2 is 2.27 bits per heavy atom. The lowest BCUT2D eigenvalue weighted by Gasteiger charge is -2.04. The van der Waals surface area contributed by atoms with Crippen molar-refractivity contribution in [3.8, 4) is 17.6 Å². The molecule has 0 atom stereocenters. The molecule has 1 aromatic rings. The third-order valence-electron chi connectivity index (χ3n) is 1.90. The largest absolute Gasteiger partial charge is 0.496 e. The molecule has 1 rings (SSSR count). The fourth-order valence-corrected chi connectivity index (χ4v) is 1.65. The minimum Gasteiger partial charge on any atom is -0.496 e. The molecule has 0 bridgehead atoms. The van der Waals surface area contributed by atoms with Gasteiger partial charge in [0.05, 0.1) is 18.0 Å². The summed E-state index contributed by atoms with van der Waals surface area (Å²) in [6.45, 7) is 1.72. The quantitative estimate of drug-likeness (QED) is 0.621. The van der Waals surface area contributed by atoms with Crippen molar-refractivity contribution in [2.24, 2.45) is 0 Å². The van der Waals surface area contributed by atoms with Gasteiger partial charge in [0.2, 0.25) is 0 Å². The molecule has 78 valence electrons. The van der Waals surface area contributed by atoms with Gasteiger partial charge >= 0.3 is 0 Å². The predicted octanol–water partition coefficient (Wildman–Crippen LogP) is 3.05. The highest BCUT2D eigenvalue weighted by molar-refractivity contribution is 9.10. The van der Waals surface area contributed by atoms with Crippen molar-refractivity contribution < 1.29 is 9.53 Å². The molecule has 15 heavy (non-hydrogen) atoms. The summed E-state index contributed by atoms with van der Waals surface area (Å²) in [5, 5.41) is 0. The SMILES string of the molecule is CC#CCC(=O)c1ccc(OC)c(Br)c1. The van der Waals surface area contributed by atoms with E-state index in [1.165, 1.54) is 0 Å². The van der Waals surface area contributed by atoms with Crippen LogP contribution in [-0.2, 0) is 0 Å². The van der Waals surface area contributed by atoms with Gasteiger partial charge in [0, 0.05) is 5.56 Å². The molecule has 0 amide bonds. The van der Waals surface area contributed by atoms with E-state index < -0.39 is 0 Å². The van der Waals surface area contributed by atoms with E-state index in [0.717, 1.165) is 4.47 Å². The second-order valence-corrected chi connectivity index (χ2v) is 3.73. The minimum absolute atomic E-state index is 0.0210. The molecule has 0 fully saturated rings. The Hall–Kier alpha value is -1.27. The maximum atomic E-state index is 11.6. The molecule has 1 aromatic carbocycles. The molecule has 0 aliphatic heterocycles. The van der Waals surface area contributed by atoms with Crippen LogP contribution in [0.3, 0.4) is 0 Å². The lowest BCUT2D eigenvalue weighted by molar-refractivity contribution is 0.0998. The summed E-state index contributed by atoms with van der Waals surface area (Å²) in [5.74, 6) is 6.18. The average Bonchev–Trinajstić information content (AvgIpc) is 2.25. The molecule has 0 aliphatic rings. The van der Waals surface area contributed by atoms with Crippen LogP contribution in [0.4, 0.5) is 0 Å². The Kier molecular flexibility index (Phi) is 4.38. The molecular weight excluding hydrogens is 256 g/mol. The number of Topliss-reactive ketones (excluding diaryl/α,β-unsaturated/α-hetero) is 1. The zero-order valence-electron chi connectivity index (χ0n) is 8.63. The van der Waals surface area contributed by atoms with Gasteiger partial charge in [0.25, 0.3) is 0 Å². The summed E-state index contributed by atoms with van der Waals surface area (Å²) < 4.78 is 5.85. The van der Waals surface area contributed by atoms with Crippen LogP contribution < -0.4 is 4.74 Å². The van der Waals surface area contributed by atoms with Gasteiger partial charge in [-0.3, -0.25) is 4.79 Å². The van der Waals surface area contributed by atoms with Crippen LogP contribution in [0, 0.1) is 11.8 Å². The Balaban J connectivity index is 2.90. The average molecular weight is 267 g/mol. The highest BCUT2D eigenvalue weighted by atomic mass is 79.9. The summed E-state index contributed by atoms with van der Waals surface area (Å²) in [5.41, 5.74) is 0.644. The number of halogens is 1. The van der Waals surface area contributed by atoms with Crippen molar-refractivity contribution in [1.29, 1.82) is 0 Å². The van der Waals surface area contributed by atoms with Gasteiger partial charge in [0.15, 0.2) is 5.78 Å². The van der Waals surface area contributed by atoms with Crippen LogP contribution in [-0.4, -0.2) is 12.9 Å². The zero-order valence-corrected chi connectivity index (χ0v) is 10.2. The lowest BCUT2D eigenvalue weighted by atomic mass is 10.1. The second kappa shape index (κ2) is 5.57. The van der Waals surface area contributed by atoms with Crippen LogP contribution in [0.25, 0.3) is 0 Å². The third kappa shape index (κ3) is 3.10. The van der Waals surface area contributed by atoms with Gasteiger partial charge in [-0.15, -0.1) is 5.92 Å². The summed E-state index contributed by atoms with van der Waals surface area (Å²) in [7, 11) is 1.59. The Morgan fingerprint density at radius 1 is 1.53 bits per heavy atom. The normalized spacial score (nSPS) is 9.00. The van der Waals surface area contributed by atoms with Crippen LogP contribution in [0.5, 0.6) is 5.75 Å². The van der Waals surface area contributed by atoms with Crippen molar-refractivity contribution in [3.05, 3.63) is 28.2 Å². The predicted molar refractivity (Wildman–Crippen MR) is 63.1 cm³/mol. The number of carbonyl (C=O) groups is 1. The van der Waals surface area contributed by atoms with E-state index in [0.29, 0.717) is 11.3 Å². The highest BCUT2D eigenvalue weighted by Gasteiger charge is 2.07. The van der Waals surface area contributed by atoms with Crippen LogP contribution in [0.1, 0.15) is 23.7 Å². The van der Waals surface area contributed by atoms with Crippen molar-refractivity contribution in [3.63, 3.8) is 0 Å². The zero-order chi connectivity index (χ0) is 11.3. The molecule has 0 spiro atoms. The van der Waals surface area contributed by atoms with Gasteiger partial charge in [-0.25, -0.2) is 0 Å². The van der Waals surface area contributed by atoms with Gasteiger partial charge < -0.3 is 4.74 Å². The molecule has 0 aromatic heterocycles. The van der Waals surface area contributed by atoms with E-state index in [-0.39, 0.29) is 12.2 Å². The molecule has 0 unspecified atom stereocenters. The number of carbonyl (C=O) groups excluding carboxylic acids is 1. The standard InChI is InChI=1S/C12H11BrO2/c1-3-4-5-11(14)9-6-7-12(15-2)10(13)8-9/h6-8H,5H2,1-2H3. The van der Waals surface area contributed by atoms with Crippen molar-refractivity contribution in [2.75, 3.05) is 7.11 Å². The van der Waals surface area contributed by atoms with Crippen molar-refractivity contribution in [1.82, 2.24) is 0 Å². The monoisotopic (exact) mass is 266 g/mol. The van der Waals surface area contributed by atoms with Gasteiger partial charge in [-0.2, -0.15) is 0 Å². The fraction of sp³-hybridized carbons (Fsp3) is 0.250. The van der Waals surface area contributed by atoms with E-state index >= 15 is 0 Å². The van der Waals surface area contributed by atoms with Crippen LogP contribution in [0.2, 0.25) is 0 Å². The summed E-state index contributed by atoms with van der Waals surface area (Å²) in [4.78, 5) is 11.6. The number of methoxy groups -OCH3 is 1. The van der Waals surface area contributed by atoms with Crippen molar-refractivity contribution >= 4 is 21.7 Å². The van der Waals surface area contributed by atoms with E-state index in [1.807, 2.05) is 0 Å². The summed E-state index contributed by atoms with van der Waals surface area (Å²) >= 11 is 3.33. The fourth-order valence-electron chi connectivity index (χ4n) is 1.11. The number of rotatable bonds is 3. The van der Waals surface area contributed by atoms with Gasteiger partial charge in [-0.05, 0) is 41.1 Å². The molecule has 0 N–H and O–H groups in total. The lowest BCUT2D eigenvalue weighted by Crippen LogP contribution is -1.97. The number of hydrogen-bond donors (Lipinski definition) is 0. The Bertz CT molecular complexity index is 427. The van der Waals surface area contributed by atoms with E-state index in [9.17, 15) is 4.79 Å². The number of ketones is 1. The van der Waals surface area contributed by atoms with Crippen molar-refractivity contribution in [2.45, 2.75) is 13.3 Å². The maximum absolute atomic E-state index is 11.6. The first-order valence-corrected chi connectivity index (χ1v) is 5.24. The smallest absolute Gasteiger partial charge is 0.174 e. The van der Waals surface area contributed by atoms with E-state index in [1.54, 1.807) is 32.2 Å². The molecule has 0 heterocycles. The third-order valence-corrected chi connectivity index (χ3v) is 2.52. The first kappa shape index (κ1) is 11.8. The molecule has 2 nitrogen and oxygen atoms in total. The summed E-state index contributed by atoms with van der Waals surface area (Å²) in [6.07, 6.45) is 0.259. The molecule has 0 radical (unpaired) electrons. The first-order valence-electron chi connectivity index (χ1n) is 4.45. The number of benzene rings is 1. The van der Waals surface area contributed by atoms with Gasteiger partial charge in [0.1, 0.15) is 5.75 Å². The maximum Gasteiger partial charge on any atom is 0.174 e. The highest BCUT2D eigenvalue weighted by Crippen LogP contribution is 2.25. The summed E-state index contributed by atoms with van der Waals surface area (Å²) in [6, 6.07) is 5.25. The second-order valence-electron chi connectivity index (χ2n) is 2.88. The number of ether oxygens (including phenoxy) is 1. The minimum atomic E-state index is 0.0210. The van der Waals surface area contributed by atoms with E-state index in [2.05, 4.69) is 27.8 Å². The molecule has 0 saturated heterocycles. The van der Waals surface area contributed by atoms with Crippen LogP contribution >= 0.6 is 15.9 Å². The van der Waals surface area contributed by atoms with Gasteiger partial charge in [-0.1, -0.05) is 5.92 Å². The Labute approximate surface area is 97.8 Å². The topological polar surface area (TPSA) is 26.3 Å². The van der Waals surface area contributed by atoms with Crippen LogP contribution in [0.15, 0.2) is 22.7 Å².